The maximum Gasteiger partial charge on any atom is 0.256 e. The molecule has 1 aliphatic heterocycles. The number of piperazine rings is 1. The van der Waals surface area contributed by atoms with Gasteiger partial charge in [0.2, 0.25) is 5.95 Å². The smallest absolute Gasteiger partial charge is 0.256 e. The Bertz CT molecular complexity index is 1190. The number of hydrogen-bond acceptors (Lipinski definition) is 5. The molecule has 0 atom stereocenters. The van der Waals surface area contributed by atoms with Crippen molar-refractivity contribution in [3.63, 3.8) is 0 Å². The summed E-state index contributed by atoms with van der Waals surface area (Å²) in [6, 6.07) is 13.2. The number of aromatic nitrogens is 4. The summed E-state index contributed by atoms with van der Waals surface area (Å²) >= 11 is 6.23. The van der Waals surface area contributed by atoms with E-state index in [9.17, 15) is 4.79 Å². The minimum Gasteiger partial charge on any atom is -0.353 e. The van der Waals surface area contributed by atoms with E-state index in [0.29, 0.717) is 29.6 Å². The van der Waals surface area contributed by atoms with Crippen LogP contribution in [0.25, 0.3) is 16.9 Å². The Morgan fingerprint density at radius 3 is 2.40 bits per heavy atom. The largest absolute Gasteiger partial charge is 0.353 e. The highest BCUT2D eigenvalue weighted by molar-refractivity contribution is 6.31. The highest BCUT2D eigenvalue weighted by Crippen LogP contribution is 2.28. The van der Waals surface area contributed by atoms with Crippen LogP contribution in [-0.4, -0.2) is 56.5 Å². The number of amides is 1. The minimum atomic E-state index is -0.00215. The van der Waals surface area contributed by atoms with E-state index in [4.69, 9.17) is 11.6 Å². The summed E-state index contributed by atoms with van der Waals surface area (Å²) in [7, 11) is 0. The van der Waals surface area contributed by atoms with Crippen molar-refractivity contribution in [2.45, 2.75) is 0 Å². The number of benzene rings is 1. The van der Waals surface area contributed by atoms with Crippen molar-refractivity contribution >= 4 is 34.2 Å². The summed E-state index contributed by atoms with van der Waals surface area (Å²) in [5.74, 6) is 1.44. The van der Waals surface area contributed by atoms with E-state index < -0.39 is 0 Å². The van der Waals surface area contributed by atoms with Crippen molar-refractivity contribution in [2.75, 3.05) is 31.1 Å². The number of fused-ring (bicyclic) bond motifs is 1. The van der Waals surface area contributed by atoms with Crippen LogP contribution in [0.3, 0.4) is 0 Å². The first-order valence-electron chi connectivity index (χ1n) is 9.74. The Labute approximate surface area is 178 Å². The quantitative estimate of drug-likeness (QED) is 0.510. The van der Waals surface area contributed by atoms with Gasteiger partial charge in [-0.2, -0.15) is 0 Å². The molecule has 0 saturated carbocycles. The van der Waals surface area contributed by atoms with Gasteiger partial charge in [0.15, 0.2) is 0 Å². The third-order valence-corrected chi connectivity index (χ3v) is 5.54. The van der Waals surface area contributed by atoms with Crippen LogP contribution in [0.1, 0.15) is 10.4 Å². The number of carbonyl (C=O) groups excluding carboxylic acids is 1. The van der Waals surface area contributed by atoms with Gasteiger partial charge in [-0.1, -0.05) is 23.7 Å². The summed E-state index contributed by atoms with van der Waals surface area (Å²) < 4.78 is 1.82. The first-order valence-corrected chi connectivity index (χ1v) is 10.1. The van der Waals surface area contributed by atoms with Gasteiger partial charge in [-0.05, 0) is 30.3 Å². The van der Waals surface area contributed by atoms with Crippen LogP contribution >= 0.6 is 11.6 Å². The summed E-state index contributed by atoms with van der Waals surface area (Å²) in [5.41, 5.74) is 1.43. The second kappa shape index (κ2) is 7.76. The number of carbonyl (C=O) groups is 1. The second-order valence-electron chi connectivity index (χ2n) is 7.09. The molecule has 1 aromatic carbocycles. The van der Waals surface area contributed by atoms with Gasteiger partial charge in [-0.3, -0.25) is 9.36 Å². The second-order valence-corrected chi connectivity index (χ2v) is 7.53. The molecule has 30 heavy (non-hydrogen) atoms. The first kappa shape index (κ1) is 18.6. The summed E-state index contributed by atoms with van der Waals surface area (Å²) in [4.78, 5) is 30.5. The first-order chi connectivity index (χ1) is 14.7. The lowest BCUT2D eigenvalue weighted by atomic mass is 10.1. The van der Waals surface area contributed by atoms with Crippen molar-refractivity contribution in [1.29, 1.82) is 0 Å². The Hall–Kier alpha value is -3.45. The predicted octanol–water partition coefficient (Wildman–Crippen LogP) is 3.43. The van der Waals surface area contributed by atoms with Gasteiger partial charge in [-0.25, -0.2) is 15.0 Å². The lowest BCUT2D eigenvalue weighted by Crippen LogP contribution is -2.49. The number of halogens is 1. The molecule has 0 aliphatic carbocycles. The normalized spacial score (nSPS) is 14.3. The lowest BCUT2D eigenvalue weighted by Gasteiger charge is -2.35. The number of nitrogens with zero attached hydrogens (tertiary/aromatic N) is 6. The van der Waals surface area contributed by atoms with Crippen molar-refractivity contribution < 1.29 is 4.79 Å². The molecule has 3 aromatic heterocycles. The van der Waals surface area contributed by atoms with Gasteiger partial charge >= 0.3 is 0 Å². The molecule has 1 amide bonds. The van der Waals surface area contributed by atoms with E-state index in [0.717, 1.165) is 29.8 Å². The third-order valence-electron chi connectivity index (χ3n) is 5.31. The molecule has 1 saturated heterocycles. The highest BCUT2D eigenvalue weighted by atomic mass is 35.5. The summed E-state index contributed by atoms with van der Waals surface area (Å²) in [5, 5.41) is 1.43. The van der Waals surface area contributed by atoms with E-state index >= 15 is 0 Å². The van der Waals surface area contributed by atoms with Gasteiger partial charge in [0, 0.05) is 61.4 Å². The number of pyridine rings is 1. The van der Waals surface area contributed by atoms with E-state index in [1.165, 1.54) is 0 Å². The van der Waals surface area contributed by atoms with Gasteiger partial charge < -0.3 is 9.80 Å². The topological polar surface area (TPSA) is 67.2 Å². The van der Waals surface area contributed by atoms with Crippen molar-refractivity contribution in [2.24, 2.45) is 0 Å². The minimum absolute atomic E-state index is 0.00215. The number of rotatable bonds is 3. The molecular formula is C22H19ClN6O. The zero-order chi connectivity index (χ0) is 20.5. The van der Waals surface area contributed by atoms with Gasteiger partial charge in [0.05, 0.1) is 11.1 Å². The third kappa shape index (κ3) is 3.37. The van der Waals surface area contributed by atoms with E-state index in [2.05, 4.69) is 19.9 Å². The summed E-state index contributed by atoms with van der Waals surface area (Å²) in [6.07, 6.45) is 6.95. The molecule has 7 nitrogen and oxygen atoms in total. The van der Waals surface area contributed by atoms with Gasteiger partial charge in [0.1, 0.15) is 5.82 Å². The van der Waals surface area contributed by atoms with E-state index in [1.54, 1.807) is 30.7 Å². The maximum atomic E-state index is 13.4. The Kier molecular flexibility index (Phi) is 4.80. The SMILES string of the molecule is O=C(c1cn(-c2ncccn2)c2cc(Cl)ccc12)N1CCN(c2ccccn2)CC1. The molecule has 4 heterocycles. The molecule has 5 rings (SSSR count). The molecule has 4 aromatic rings. The fourth-order valence-electron chi connectivity index (χ4n) is 3.80. The number of anilines is 1. The number of hydrogen-bond donors (Lipinski definition) is 0. The molecule has 8 heteroatoms. The molecule has 0 unspecified atom stereocenters. The Morgan fingerprint density at radius 1 is 0.900 bits per heavy atom. The van der Waals surface area contributed by atoms with Crippen LogP contribution in [0.2, 0.25) is 5.02 Å². The fourth-order valence-corrected chi connectivity index (χ4v) is 3.97. The molecule has 0 N–H and O–H groups in total. The zero-order valence-corrected chi connectivity index (χ0v) is 16.9. The van der Waals surface area contributed by atoms with Crippen LogP contribution in [-0.2, 0) is 0 Å². The standard InChI is InChI=1S/C22H19ClN6O/c23-16-5-6-17-18(15-29(19(17)14-16)22-25-8-3-9-26-22)21(30)28-12-10-27(11-13-28)20-4-1-2-7-24-20/h1-9,14-15H,10-13H2. The van der Waals surface area contributed by atoms with Gasteiger partial charge in [0.25, 0.3) is 5.91 Å². The zero-order valence-electron chi connectivity index (χ0n) is 16.1. The van der Waals surface area contributed by atoms with Crippen molar-refractivity contribution in [3.05, 3.63) is 77.8 Å². The van der Waals surface area contributed by atoms with Crippen molar-refractivity contribution in [3.8, 4) is 5.95 Å². The van der Waals surface area contributed by atoms with Crippen LogP contribution in [0.15, 0.2) is 67.3 Å². The molecule has 0 spiro atoms. The van der Waals surface area contributed by atoms with Crippen LogP contribution in [0, 0.1) is 0 Å². The predicted molar refractivity (Wildman–Crippen MR) is 116 cm³/mol. The van der Waals surface area contributed by atoms with Crippen LogP contribution in [0.4, 0.5) is 5.82 Å². The average molecular weight is 419 g/mol. The lowest BCUT2D eigenvalue weighted by molar-refractivity contribution is 0.0748. The van der Waals surface area contributed by atoms with Crippen LogP contribution in [0.5, 0.6) is 0 Å². The average Bonchev–Trinajstić information content (AvgIpc) is 3.18. The Balaban J connectivity index is 1.44. The molecule has 1 aliphatic rings. The molecule has 0 radical (unpaired) electrons. The molecular weight excluding hydrogens is 400 g/mol. The van der Waals surface area contributed by atoms with Gasteiger partial charge in [-0.15, -0.1) is 0 Å². The summed E-state index contributed by atoms with van der Waals surface area (Å²) in [6.45, 7) is 2.76. The molecule has 0 bridgehead atoms. The molecule has 1 fully saturated rings. The highest BCUT2D eigenvalue weighted by Gasteiger charge is 2.26. The molecule has 150 valence electrons. The van der Waals surface area contributed by atoms with Crippen LogP contribution < -0.4 is 4.90 Å². The Morgan fingerprint density at radius 2 is 1.67 bits per heavy atom. The maximum absolute atomic E-state index is 13.4. The monoisotopic (exact) mass is 418 g/mol. The van der Waals surface area contributed by atoms with Crippen molar-refractivity contribution in [1.82, 2.24) is 24.4 Å². The van der Waals surface area contributed by atoms with E-state index in [-0.39, 0.29) is 5.91 Å². The fraction of sp³-hybridized carbons (Fsp3) is 0.182. The van der Waals surface area contributed by atoms with E-state index in [1.807, 2.05) is 46.0 Å².